The molecule has 8 nitrogen and oxygen atoms in total. The molecule has 1 saturated heterocycles. The first kappa shape index (κ1) is 24.6. The standard InChI is InChI=1S/C28H26N4O4/c29-18-22-9-4-5-10-23(22)20-14-12-19(13-15-20)17-25(28(35)36)32(27(34)24-11-6-16-30-24)31-26(33)21-7-2-1-3-8-21/h1-5,7-10,12-15,24-25,30H,6,11,16-17H2,(H,31,33)(H,35,36)/t24-,25-/m0/s1. The zero-order valence-corrected chi connectivity index (χ0v) is 19.6. The number of carbonyl (C=O) groups excluding carboxylic acids is 2. The fourth-order valence-corrected chi connectivity index (χ4v) is 4.28. The van der Waals surface area contributed by atoms with Crippen LogP contribution in [0.1, 0.15) is 34.3 Å². The van der Waals surface area contributed by atoms with E-state index in [4.69, 9.17) is 0 Å². The Morgan fingerprint density at radius 1 is 1.03 bits per heavy atom. The van der Waals surface area contributed by atoms with Gasteiger partial charge in [0.15, 0.2) is 6.04 Å². The largest absolute Gasteiger partial charge is 0.480 e. The number of rotatable bonds is 7. The molecule has 2 amide bonds. The highest BCUT2D eigenvalue weighted by Gasteiger charge is 2.36. The number of carboxylic acids is 1. The number of nitriles is 1. The molecule has 1 heterocycles. The normalized spacial score (nSPS) is 15.5. The Labute approximate surface area is 209 Å². The summed E-state index contributed by atoms with van der Waals surface area (Å²) in [6.45, 7) is 0.653. The van der Waals surface area contributed by atoms with E-state index >= 15 is 0 Å². The van der Waals surface area contributed by atoms with Gasteiger partial charge in [-0.3, -0.25) is 15.0 Å². The quantitative estimate of drug-likeness (QED) is 0.445. The molecule has 0 unspecified atom stereocenters. The van der Waals surface area contributed by atoms with E-state index in [0.717, 1.165) is 22.6 Å². The molecule has 0 bridgehead atoms. The Morgan fingerprint density at radius 3 is 2.36 bits per heavy atom. The molecular formula is C28H26N4O4. The third kappa shape index (κ3) is 5.59. The highest BCUT2D eigenvalue weighted by Crippen LogP contribution is 2.24. The smallest absolute Gasteiger partial charge is 0.328 e. The molecule has 3 aromatic carbocycles. The van der Waals surface area contributed by atoms with E-state index in [1.807, 2.05) is 24.3 Å². The number of benzene rings is 3. The van der Waals surface area contributed by atoms with Gasteiger partial charge in [0, 0.05) is 12.0 Å². The molecule has 0 saturated carbocycles. The van der Waals surface area contributed by atoms with Crippen molar-refractivity contribution in [2.24, 2.45) is 0 Å². The lowest BCUT2D eigenvalue weighted by molar-refractivity contribution is -0.153. The van der Waals surface area contributed by atoms with Crippen molar-refractivity contribution < 1.29 is 19.5 Å². The van der Waals surface area contributed by atoms with E-state index in [1.54, 1.807) is 54.6 Å². The lowest BCUT2D eigenvalue weighted by atomic mass is 9.97. The number of hydrogen-bond donors (Lipinski definition) is 3. The van der Waals surface area contributed by atoms with Gasteiger partial charge >= 0.3 is 5.97 Å². The van der Waals surface area contributed by atoms with E-state index in [2.05, 4.69) is 16.8 Å². The molecule has 36 heavy (non-hydrogen) atoms. The van der Waals surface area contributed by atoms with E-state index in [0.29, 0.717) is 29.7 Å². The lowest BCUT2D eigenvalue weighted by Crippen LogP contribution is -2.59. The van der Waals surface area contributed by atoms with Gasteiger partial charge in [0.05, 0.1) is 17.7 Å². The van der Waals surface area contributed by atoms with Crippen LogP contribution in [0.5, 0.6) is 0 Å². The summed E-state index contributed by atoms with van der Waals surface area (Å²) in [5.41, 5.74) is 5.68. The molecule has 0 radical (unpaired) electrons. The van der Waals surface area contributed by atoms with E-state index < -0.39 is 29.9 Å². The van der Waals surface area contributed by atoms with Gasteiger partial charge < -0.3 is 10.4 Å². The van der Waals surface area contributed by atoms with Crippen LogP contribution in [0, 0.1) is 11.3 Å². The van der Waals surface area contributed by atoms with Gasteiger partial charge in [-0.1, -0.05) is 60.7 Å². The third-order valence-corrected chi connectivity index (χ3v) is 6.19. The van der Waals surface area contributed by atoms with Crippen molar-refractivity contribution in [3.8, 4) is 17.2 Å². The van der Waals surface area contributed by atoms with Gasteiger partial charge in [-0.25, -0.2) is 9.80 Å². The van der Waals surface area contributed by atoms with Gasteiger partial charge in [-0.15, -0.1) is 0 Å². The van der Waals surface area contributed by atoms with Crippen LogP contribution in [0.15, 0.2) is 78.9 Å². The van der Waals surface area contributed by atoms with E-state index in [-0.39, 0.29) is 6.42 Å². The molecule has 0 aromatic heterocycles. The van der Waals surface area contributed by atoms with Crippen molar-refractivity contribution in [2.75, 3.05) is 6.54 Å². The molecule has 1 aliphatic rings. The number of nitrogens with zero attached hydrogens (tertiary/aromatic N) is 2. The summed E-state index contributed by atoms with van der Waals surface area (Å²) in [7, 11) is 0. The predicted octanol–water partition coefficient (Wildman–Crippen LogP) is 3.15. The zero-order chi connectivity index (χ0) is 25.5. The monoisotopic (exact) mass is 482 g/mol. The number of hydrazine groups is 1. The zero-order valence-electron chi connectivity index (χ0n) is 19.6. The molecule has 1 aliphatic heterocycles. The summed E-state index contributed by atoms with van der Waals surface area (Å²) in [5.74, 6) is -2.27. The lowest BCUT2D eigenvalue weighted by Gasteiger charge is -2.31. The summed E-state index contributed by atoms with van der Waals surface area (Å²) < 4.78 is 0. The first-order valence-corrected chi connectivity index (χ1v) is 11.7. The van der Waals surface area contributed by atoms with Crippen molar-refractivity contribution in [3.05, 3.63) is 95.6 Å². The minimum absolute atomic E-state index is 0.0109. The maximum absolute atomic E-state index is 13.3. The van der Waals surface area contributed by atoms with Crippen LogP contribution >= 0.6 is 0 Å². The van der Waals surface area contributed by atoms with Gasteiger partial charge in [-0.05, 0) is 54.3 Å². The van der Waals surface area contributed by atoms with E-state index in [1.165, 1.54) is 0 Å². The maximum Gasteiger partial charge on any atom is 0.328 e. The number of aliphatic carboxylic acids is 1. The second-order valence-electron chi connectivity index (χ2n) is 8.58. The molecule has 0 aliphatic carbocycles. The Bertz CT molecular complexity index is 1280. The number of hydrogen-bond acceptors (Lipinski definition) is 5. The minimum atomic E-state index is -1.31. The summed E-state index contributed by atoms with van der Waals surface area (Å²) in [6.07, 6.45) is 1.35. The van der Waals surface area contributed by atoms with Crippen LogP contribution in [0.25, 0.3) is 11.1 Å². The Morgan fingerprint density at radius 2 is 1.72 bits per heavy atom. The Hall–Kier alpha value is -4.48. The molecule has 2 atom stereocenters. The Kier molecular flexibility index (Phi) is 7.73. The van der Waals surface area contributed by atoms with Crippen molar-refractivity contribution in [3.63, 3.8) is 0 Å². The molecule has 3 aromatic rings. The van der Waals surface area contributed by atoms with E-state index in [9.17, 15) is 24.8 Å². The molecular weight excluding hydrogens is 456 g/mol. The first-order chi connectivity index (χ1) is 17.5. The van der Waals surface area contributed by atoms with Crippen molar-refractivity contribution in [1.29, 1.82) is 5.26 Å². The number of nitrogens with one attached hydrogen (secondary N) is 2. The average Bonchev–Trinajstić information content (AvgIpc) is 3.46. The number of carboxylic acid groups (broad SMARTS) is 1. The fraction of sp³-hybridized carbons (Fsp3) is 0.214. The summed E-state index contributed by atoms with van der Waals surface area (Å²) in [5, 5.41) is 23.5. The number of amides is 2. The van der Waals surface area contributed by atoms with Crippen molar-refractivity contribution in [1.82, 2.24) is 15.8 Å². The third-order valence-electron chi connectivity index (χ3n) is 6.19. The van der Waals surface area contributed by atoms with Crippen LogP contribution in [0.4, 0.5) is 0 Å². The van der Waals surface area contributed by atoms with Gasteiger partial charge in [-0.2, -0.15) is 5.26 Å². The Balaban J connectivity index is 1.60. The van der Waals surface area contributed by atoms with Gasteiger partial charge in [0.25, 0.3) is 11.8 Å². The highest BCUT2D eigenvalue weighted by molar-refractivity contribution is 5.97. The summed E-state index contributed by atoms with van der Waals surface area (Å²) in [6, 6.07) is 23.0. The average molecular weight is 483 g/mol. The maximum atomic E-state index is 13.3. The van der Waals surface area contributed by atoms with Crippen molar-refractivity contribution in [2.45, 2.75) is 31.3 Å². The molecule has 8 heteroatoms. The first-order valence-electron chi connectivity index (χ1n) is 11.7. The van der Waals surface area contributed by atoms with Crippen LogP contribution in [-0.4, -0.2) is 46.5 Å². The topological polar surface area (TPSA) is 123 Å². The minimum Gasteiger partial charge on any atom is -0.480 e. The molecule has 4 rings (SSSR count). The molecule has 3 N–H and O–H groups in total. The fourth-order valence-electron chi connectivity index (χ4n) is 4.28. The summed E-state index contributed by atoms with van der Waals surface area (Å²) in [4.78, 5) is 38.5. The van der Waals surface area contributed by atoms with Gasteiger partial charge in [0.2, 0.25) is 0 Å². The van der Waals surface area contributed by atoms with Crippen LogP contribution in [-0.2, 0) is 16.0 Å². The van der Waals surface area contributed by atoms with Crippen LogP contribution < -0.4 is 10.7 Å². The summed E-state index contributed by atoms with van der Waals surface area (Å²) >= 11 is 0. The van der Waals surface area contributed by atoms with Gasteiger partial charge in [0.1, 0.15) is 0 Å². The number of carbonyl (C=O) groups is 3. The molecule has 0 spiro atoms. The SMILES string of the molecule is N#Cc1ccccc1-c1ccc(C[C@@H](C(=O)O)N(NC(=O)c2ccccc2)C(=O)[C@@H]2CCCN2)cc1. The van der Waals surface area contributed by atoms with Crippen molar-refractivity contribution >= 4 is 17.8 Å². The predicted molar refractivity (Wildman–Crippen MR) is 133 cm³/mol. The second kappa shape index (κ2) is 11.3. The van der Waals surface area contributed by atoms with Crippen LogP contribution in [0.3, 0.4) is 0 Å². The molecule has 1 fully saturated rings. The highest BCUT2D eigenvalue weighted by atomic mass is 16.4. The van der Waals surface area contributed by atoms with Crippen LogP contribution in [0.2, 0.25) is 0 Å². The second-order valence-corrected chi connectivity index (χ2v) is 8.58. The molecule has 182 valence electrons.